The molecule has 0 spiro atoms. The van der Waals surface area contributed by atoms with E-state index in [1.165, 1.54) is 0 Å². The molecule has 1 fully saturated rings. The summed E-state index contributed by atoms with van der Waals surface area (Å²) < 4.78 is 11.1. The standard InChI is InChI=1S/C12H19NO5/c1-11(2)7-17-12(3,4)18-9(11)10(16)13-6-5-8(14)15/h5-6,9H,7H2,1-4H3,(H,13,16)(H,14,15). The second-order valence-electron chi connectivity index (χ2n) is 5.36. The van der Waals surface area contributed by atoms with E-state index in [1.54, 1.807) is 13.8 Å². The maximum Gasteiger partial charge on any atom is 0.329 e. The smallest absolute Gasteiger partial charge is 0.329 e. The first kappa shape index (κ1) is 14.7. The number of carbonyl (C=O) groups is 2. The summed E-state index contributed by atoms with van der Waals surface area (Å²) in [5, 5.41) is 10.8. The van der Waals surface area contributed by atoms with Crippen LogP contribution in [0.5, 0.6) is 0 Å². The van der Waals surface area contributed by atoms with Crippen molar-refractivity contribution in [2.45, 2.75) is 39.6 Å². The zero-order valence-corrected chi connectivity index (χ0v) is 11.0. The zero-order chi connectivity index (χ0) is 14.0. The van der Waals surface area contributed by atoms with E-state index in [0.29, 0.717) is 6.61 Å². The number of nitrogens with one attached hydrogen (secondary N) is 1. The van der Waals surface area contributed by atoms with E-state index in [4.69, 9.17) is 14.6 Å². The Balaban J connectivity index is 2.72. The average molecular weight is 257 g/mol. The third-order valence-corrected chi connectivity index (χ3v) is 2.59. The van der Waals surface area contributed by atoms with E-state index >= 15 is 0 Å². The fraction of sp³-hybridized carbons (Fsp3) is 0.667. The summed E-state index contributed by atoms with van der Waals surface area (Å²) in [5.41, 5.74) is -0.476. The predicted octanol–water partition coefficient (Wildman–Crippen LogP) is 0.879. The molecule has 0 aromatic heterocycles. The first-order chi connectivity index (χ1) is 8.14. The van der Waals surface area contributed by atoms with Gasteiger partial charge in [-0.25, -0.2) is 4.79 Å². The number of amides is 1. The fourth-order valence-corrected chi connectivity index (χ4v) is 1.59. The van der Waals surface area contributed by atoms with Gasteiger partial charge in [0.1, 0.15) is 6.10 Å². The van der Waals surface area contributed by atoms with Gasteiger partial charge in [-0.15, -0.1) is 0 Å². The number of ether oxygens (including phenoxy) is 2. The van der Waals surface area contributed by atoms with E-state index < -0.39 is 23.3 Å². The summed E-state index contributed by atoms with van der Waals surface area (Å²) >= 11 is 0. The third kappa shape index (κ3) is 3.82. The average Bonchev–Trinajstić information content (AvgIpc) is 2.21. The summed E-state index contributed by atoms with van der Waals surface area (Å²) in [6.45, 7) is 7.56. The number of carbonyl (C=O) groups excluding carboxylic acids is 1. The number of hydrogen-bond donors (Lipinski definition) is 2. The number of carboxylic acids is 1. The van der Waals surface area contributed by atoms with Crippen molar-refractivity contribution in [1.29, 1.82) is 0 Å². The quantitative estimate of drug-likeness (QED) is 0.733. The van der Waals surface area contributed by atoms with Crippen molar-refractivity contribution >= 4 is 11.9 Å². The monoisotopic (exact) mass is 257 g/mol. The van der Waals surface area contributed by atoms with E-state index in [0.717, 1.165) is 12.3 Å². The topological polar surface area (TPSA) is 84.9 Å². The Morgan fingerprint density at radius 2 is 1.94 bits per heavy atom. The Bertz CT molecular complexity index is 373. The van der Waals surface area contributed by atoms with Crippen LogP contribution in [0.2, 0.25) is 0 Å². The van der Waals surface area contributed by atoms with Crippen molar-refractivity contribution in [3.05, 3.63) is 12.3 Å². The zero-order valence-electron chi connectivity index (χ0n) is 11.0. The molecule has 6 heteroatoms. The maximum atomic E-state index is 11.9. The molecule has 1 aliphatic rings. The van der Waals surface area contributed by atoms with Crippen LogP contribution in [-0.2, 0) is 19.1 Å². The molecule has 0 aromatic carbocycles. The maximum absolute atomic E-state index is 11.9. The first-order valence-electron chi connectivity index (χ1n) is 5.66. The highest BCUT2D eigenvalue weighted by atomic mass is 16.7. The van der Waals surface area contributed by atoms with Crippen LogP contribution in [0.25, 0.3) is 0 Å². The van der Waals surface area contributed by atoms with Crippen molar-refractivity contribution < 1.29 is 24.2 Å². The van der Waals surface area contributed by atoms with Gasteiger partial charge in [0.2, 0.25) is 0 Å². The molecule has 1 aliphatic heterocycles. The summed E-state index contributed by atoms with van der Waals surface area (Å²) in [5.74, 6) is -2.33. The van der Waals surface area contributed by atoms with E-state index in [9.17, 15) is 9.59 Å². The van der Waals surface area contributed by atoms with E-state index in [2.05, 4.69) is 5.32 Å². The molecule has 2 N–H and O–H groups in total. The van der Waals surface area contributed by atoms with Gasteiger partial charge in [0.05, 0.1) is 6.61 Å². The van der Waals surface area contributed by atoms with Crippen molar-refractivity contribution in [3.8, 4) is 0 Å². The second kappa shape index (κ2) is 5.07. The lowest BCUT2D eigenvalue weighted by atomic mass is 9.85. The van der Waals surface area contributed by atoms with E-state index in [-0.39, 0.29) is 5.91 Å². The minimum absolute atomic E-state index is 0.381. The van der Waals surface area contributed by atoms with Gasteiger partial charge in [-0.2, -0.15) is 0 Å². The van der Waals surface area contributed by atoms with Crippen LogP contribution in [0, 0.1) is 5.41 Å². The van der Waals surface area contributed by atoms with Gasteiger partial charge in [0.25, 0.3) is 5.91 Å². The molecule has 1 rings (SSSR count). The molecule has 1 saturated heterocycles. The number of carboxylic acid groups (broad SMARTS) is 1. The Morgan fingerprint density at radius 3 is 2.50 bits per heavy atom. The summed E-state index contributed by atoms with van der Waals surface area (Å²) in [4.78, 5) is 22.2. The highest BCUT2D eigenvalue weighted by Crippen LogP contribution is 2.34. The molecule has 0 aliphatic carbocycles. The van der Waals surface area contributed by atoms with Gasteiger partial charge >= 0.3 is 5.97 Å². The van der Waals surface area contributed by atoms with Crippen LogP contribution in [-0.4, -0.2) is 35.5 Å². The Labute approximate surface area is 106 Å². The van der Waals surface area contributed by atoms with Gasteiger partial charge in [-0.1, -0.05) is 13.8 Å². The molecular weight excluding hydrogens is 238 g/mol. The fourth-order valence-electron chi connectivity index (χ4n) is 1.59. The molecule has 1 heterocycles. The lowest BCUT2D eigenvalue weighted by Crippen LogP contribution is -2.55. The molecule has 0 saturated carbocycles. The van der Waals surface area contributed by atoms with Crippen LogP contribution >= 0.6 is 0 Å². The van der Waals surface area contributed by atoms with Crippen molar-refractivity contribution in [2.24, 2.45) is 5.41 Å². The van der Waals surface area contributed by atoms with Crippen LogP contribution in [0.15, 0.2) is 12.3 Å². The Kier molecular flexibility index (Phi) is 4.13. The number of hydrogen-bond acceptors (Lipinski definition) is 4. The molecule has 1 amide bonds. The van der Waals surface area contributed by atoms with Crippen LogP contribution in [0.1, 0.15) is 27.7 Å². The minimum Gasteiger partial charge on any atom is -0.478 e. The van der Waals surface area contributed by atoms with Gasteiger partial charge in [0.15, 0.2) is 5.79 Å². The molecular formula is C12H19NO5. The largest absolute Gasteiger partial charge is 0.478 e. The Hall–Kier alpha value is -1.40. The SMILES string of the molecule is CC1(C)OCC(C)(C)C(C(=O)NC=CC(=O)O)O1. The summed E-state index contributed by atoms with van der Waals surface area (Å²) in [6, 6.07) is 0. The molecule has 1 unspecified atom stereocenters. The third-order valence-electron chi connectivity index (χ3n) is 2.59. The van der Waals surface area contributed by atoms with Crippen LogP contribution in [0.3, 0.4) is 0 Å². The predicted molar refractivity (Wildman–Crippen MR) is 63.6 cm³/mol. The van der Waals surface area contributed by atoms with Crippen molar-refractivity contribution in [3.63, 3.8) is 0 Å². The molecule has 102 valence electrons. The van der Waals surface area contributed by atoms with Crippen LogP contribution in [0.4, 0.5) is 0 Å². The number of rotatable bonds is 3. The summed E-state index contributed by atoms with van der Waals surface area (Å²) in [6.07, 6.45) is 1.25. The normalized spacial score (nSPS) is 25.9. The first-order valence-corrected chi connectivity index (χ1v) is 5.66. The number of aliphatic carboxylic acids is 1. The molecule has 1 atom stereocenters. The van der Waals surface area contributed by atoms with Crippen molar-refractivity contribution in [1.82, 2.24) is 5.32 Å². The highest BCUT2D eigenvalue weighted by molar-refractivity contribution is 5.85. The molecule has 0 bridgehead atoms. The van der Waals surface area contributed by atoms with Crippen LogP contribution < -0.4 is 5.32 Å². The lowest BCUT2D eigenvalue weighted by molar-refractivity contribution is -0.303. The van der Waals surface area contributed by atoms with Gasteiger partial charge < -0.3 is 19.9 Å². The molecule has 18 heavy (non-hydrogen) atoms. The highest BCUT2D eigenvalue weighted by Gasteiger charge is 2.45. The summed E-state index contributed by atoms with van der Waals surface area (Å²) in [7, 11) is 0. The Morgan fingerprint density at radius 1 is 1.33 bits per heavy atom. The molecule has 0 radical (unpaired) electrons. The van der Waals surface area contributed by atoms with Gasteiger partial charge in [0, 0.05) is 17.7 Å². The van der Waals surface area contributed by atoms with E-state index in [1.807, 2.05) is 13.8 Å². The van der Waals surface area contributed by atoms with Gasteiger partial charge in [-0.05, 0) is 13.8 Å². The second-order valence-corrected chi connectivity index (χ2v) is 5.36. The van der Waals surface area contributed by atoms with Gasteiger partial charge in [-0.3, -0.25) is 4.79 Å². The van der Waals surface area contributed by atoms with Crippen molar-refractivity contribution in [2.75, 3.05) is 6.61 Å². The minimum atomic E-state index is -1.12. The molecule has 0 aromatic rings. The lowest BCUT2D eigenvalue weighted by Gasteiger charge is -2.44. The molecule has 6 nitrogen and oxygen atoms in total.